The summed E-state index contributed by atoms with van der Waals surface area (Å²) in [5.74, 6) is -0.542. The SMILES string of the molecule is CNC(=O)c1c(-c2ccc(F)cc2)oc2cc(NS(=O)(=O)CCCN3CCOCC3)c(Br)cc12. The molecule has 0 atom stereocenters. The molecule has 1 fully saturated rings. The molecule has 34 heavy (non-hydrogen) atoms. The first-order valence-corrected chi connectivity index (χ1v) is 13.3. The first kappa shape index (κ1) is 24.6. The number of hydrogen-bond acceptors (Lipinski definition) is 6. The Hall–Kier alpha value is -2.47. The number of amides is 1. The topological polar surface area (TPSA) is 101 Å². The lowest BCUT2D eigenvalue weighted by molar-refractivity contribution is 0.0381. The molecule has 1 aromatic heterocycles. The average molecular weight is 554 g/mol. The van der Waals surface area contributed by atoms with Gasteiger partial charge in [-0.25, -0.2) is 12.8 Å². The monoisotopic (exact) mass is 553 g/mol. The van der Waals surface area contributed by atoms with Crippen LogP contribution >= 0.6 is 15.9 Å². The van der Waals surface area contributed by atoms with E-state index in [2.05, 4.69) is 30.9 Å². The standard InChI is InChI=1S/C23H25BrFN3O5S/c1-26-23(29)21-17-13-18(24)19(14-20(17)33-22(21)15-3-5-16(25)6-4-15)27-34(30,31)12-2-7-28-8-10-32-11-9-28/h3-6,13-14,27H,2,7-12H2,1H3,(H,26,29). The van der Waals surface area contributed by atoms with Crippen LogP contribution in [0.25, 0.3) is 22.3 Å². The van der Waals surface area contributed by atoms with Gasteiger partial charge in [-0.1, -0.05) is 0 Å². The van der Waals surface area contributed by atoms with Gasteiger partial charge in [0.2, 0.25) is 10.0 Å². The molecule has 0 spiro atoms. The zero-order chi connectivity index (χ0) is 24.3. The minimum atomic E-state index is -3.61. The number of anilines is 1. The van der Waals surface area contributed by atoms with E-state index < -0.39 is 15.8 Å². The van der Waals surface area contributed by atoms with Crippen LogP contribution in [0.3, 0.4) is 0 Å². The molecule has 182 valence electrons. The van der Waals surface area contributed by atoms with E-state index in [0.29, 0.717) is 52.9 Å². The zero-order valence-electron chi connectivity index (χ0n) is 18.6. The highest BCUT2D eigenvalue weighted by atomic mass is 79.9. The van der Waals surface area contributed by atoms with E-state index >= 15 is 0 Å². The lowest BCUT2D eigenvalue weighted by Crippen LogP contribution is -2.37. The largest absolute Gasteiger partial charge is 0.455 e. The van der Waals surface area contributed by atoms with Crippen molar-refractivity contribution in [2.45, 2.75) is 6.42 Å². The van der Waals surface area contributed by atoms with Crippen molar-refractivity contribution < 1.29 is 26.8 Å². The van der Waals surface area contributed by atoms with Crippen molar-refractivity contribution in [1.82, 2.24) is 10.2 Å². The van der Waals surface area contributed by atoms with E-state index in [-0.39, 0.29) is 23.0 Å². The number of fused-ring (bicyclic) bond motifs is 1. The van der Waals surface area contributed by atoms with Crippen LogP contribution in [0.4, 0.5) is 10.1 Å². The fourth-order valence-electron chi connectivity index (χ4n) is 3.87. The Morgan fingerprint density at radius 1 is 1.18 bits per heavy atom. The molecule has 3 aromatic rings. The van der Waals surface area contributed by atoms with Gasteiger partial charge in [-0.2, -0.15) is 0 Å². The molecule has 1 aliphatic heterocycles. The van der Waals surface area contributed by atoms with Gasteiger partial charge in [-0.3, -0.25) is 14.4 Å². The second-order valence-corrected chi connectivity index (χ2v) is 10.6. The fourth-order valence-corrected chi connectivity index (χ4v) is 5.56. The van der Waals surface area contributed by atoms with Crippen LogP contribution in [0.5, 0.6) is 0 Å². The molecule has 11 heteroatoms. The number of sulfonamides is 1. The van der Waals surface area contributed by atoms with Crippen LogP contribution < -0.4 is 10.0 Å². The first-order valence-electron chi connectivity index (χ1n) is 10.8. The molecule has 8 nitrogen and oxygen atoms in total. The molecule has 2 aromatic carbocycles. The number of carbonyl (C=O) groups is 1. The van der Waals surface area contributed by atoms with Gasteiger partial charge in [0, 0.05) is 41.6 Å². The first-order chi connectivity index (χ1) is 16.3. The maximum Gasteiger partial charge on any atom is 0.255 e. The molecule has 0 saturated carbocycles. The van der Waals surface area contributed by atoms with Crippen LogP contribution in [0.1, 0.15) is 16.8 Å². The summed E-state index contributed by atoms with van der Waals surface area (Å²) in [6.45, 7) is 3.62. The van der Waals surface area contributed by atoms with Gasteiger partial charge in [0.05, 0.1) is 30.2 Å². The Morgan fingerprint density at radius 2 is 1.88 bits per heavy atom. The number of carbonyl (C=O) groups excluding carboxylic acids is 1. The van der Waals surface area contributed by atoms with Crippen molar-refractivity contribution in [3.05, 3.63) is 52.3 Å². The zero-order valence-corrected chi connectivity index (χ0v) is 21.0. The van der Waals surface area contributed by atoms with Gasteiger partial charge >= 0.3 is 0 Å². The molecule has 0 aliphatic carbocycles. The molecule has 0 unspecified atom stereocenters. The van der Waals surface area contributed by atoms with Gasteiger partial charge < -0.3 is 14.5 Å². The van der Waals surface area contributed by atoms with E-state index in [9.17, 15) is 17.6 Å². The maximum atomic E-state index is 13.4. The lowest BCUT2D eigenvalue weighted by Gasteiger charge is -2.26. The van der Waals surface area contributed by atoms with Crippen molar-refractivity contribution >= 4 is 48.5 Å². The maximum absolute atomic E-state index is 13.4. The summed E-state index contributed by atoms with van der Waals surface area (Å²) in [5.41, 5.74) is 1.44. The average Bonchev–Trinajstić information content (AvgIpc) is 3.17. The van der Waals surface area contributed by atoms with E-state index in [4.69, 9.17) is 9.15 Å². The van der Waals surface area contributed by atoms with Gasteiger partial charge in [0.1, 0.15) is 17.2 Å². The number of nitrogens with one attached hydrogen (secondary N) is 2. The number of furan rings is 1. The van der Waals surface area contributed by atoms with E-state index in [1.165, 1.54) is 31.3 Å². The van der Waals surface area contributed by atoms with E-state index in [1.807, 2.05) is 0 Å². The predicted octanol–water partition coefficient (Wildman–Crippen LogP) is 3.83. The molecular weight excluding hydrogens is 529 g/mol. The minimum absolute atomic E-state index is 0.0304. The highest BCUT2D eigenvalue weighted by Crippen LogP contribution is 2.38. The fraction of sp³-hybridized carbons (Fsp3) is 0.348. The molecular formula is C23H25BrFN3O5S. The summed E-state index contributed by atoms with van der Waals surface area (Å²) >= 11 is 3.41. The highest BCUT2D eigenvalue weighted by Gasteiger charge is 2.24. The predicted molar refractivity (Wildman–Crippen MR) is 132 cm³/mol. The normalized spacial score (nSPS) is 14.9. The van der Waals surface area contributed by atoms with Gasteiger partial charge in [0.25, 0.3) is 5.91 Å². The molecule has 2 heterocycles. The molecule has 1 aliphatic rings. The van der Waals surface area contributed by atoms with Crippen molar-refractivity contribution in [2.24, 2.45) is 0 Å². The van der Waals surface area contributed by atoms with Crippen LogP contribution in [-0.2, 0) is 14.8 Å². The van der Waals surface area contributed by atoms with Crippen LogP contribution in [0.15, 0.2) is 45.3 Å². The number of morpholine rings is 1. The summed E-state index contributed by atoms with van der Waals surface area (Å²) in [7, 11) is -2.10. The van der Waals surface area contributed by atoms with Crippen LogP contribution in [0, 0.1) is 5.82 Å². The van der Waals surface area contributed by atoms with Gasteiger partial charge in [0.15, 0.2) is 0 Å². The number of rotatable bonds is 8. The highest BCUT2D eigenvalue weighted by molar-refractivity contribution is 9.10. The lowest BCUT2D eigenvalue weighted by atomic mass is 10.0. The Labute approximate surface area is 205 Å². The number of ether oxygens (including phenoxy) is 1. The molecule has 4 rings (SSSR count). The van der Waals surface area contributed by atoms with Crippen LogP contribution in [-0.4, -0.2) is 64.9 Å². The minimum Gasteiger partial charge on any atom is -0.455 e. The Balaban J connectivity index is 1.59. The number of halogens is 2. The van der Waals surface area contributed by atoms with E-state index in [1.54, 1.807) is 12.1 Å². The van der Waals surface area contributed by atoms with Crippen LogP contribution in [0.2, 0.25) is 0 Å². The quantitative estimate of drug-likeness (QED) is 0.439. The third-order valence-electron chi connectivity index (χ3n) is 5.59. The Bertz CT molecular complexity index is 1290. The molecule has 0 radical (unpaired) electrons. The number of nitrogens with zero attached hydrogens (tertiary/aromatic N) is 1. The summed E-state index contributed by atoms with van der Waals surface area (Å²) < 4.78 is 53.2. The number of benzene rings is 2. The molecule has 1 amide bonds. The molecule has 1 saturated heterocycles. The van der Waals surface area contributed by atoms with E-state index in [0.717, 1.165) is 13.1 Å². The summed E-state index contributed by atoms with van der Waals surface area (Å²) in [4.78, 5) is 14.8. The Kier molecular flexibility index (Phi) is 7.56. The molecule has 0 bridgehead atoms. The van der Waals surface area contributed by atoms with Crippen molar-refractivity contribution in [2.75, 3.05) is 50.4 Å². The van der Waals surface area contributed by atoms with Crippen molar-refractivity contribution in [3.8, 4) is 11.3 Å². The Morgan fingerprint density at radius 3 is 2.56 bits per heavy atom. The summed E-state index contributed by atoms with van der Waals surface area (Å²) in [5, 5.41) is 3.09. The second kappa shape index (κ2) is 10.4. The van der Waals surface area contributed by atoms with Gasteiger partial charge in [-0.15, -0.1) is 0 Å². The third kappa shape index (κ3) is 5.60. The number of hydrogen-bond donors (Lipinski definition) is 2. The summed E-state index contributed by atoms with van der Waals surface area (Å²) in [6.07, 6.45) is 0.492. The smallest absolute Gasteiger partial charge is 0.255 e. The van der Waals surface area contributed by atoms with Gasteiger partial charge in [-0.05, 0) is 59.2 Å². The van der Waals surface area contributed by atoms with Crippen molar-refractivity contribution in [3.63, 3.8) is 0 Å². The second-order valence-electron chi connectivity index (χ2n) is 7.95. The third-order valence-corrected chi connectivity index (χ3v) is 7.61. The van der Waals surface area contributed by atoms with Crippen molar-refractivity contribution in [1.29, 1.82) is 0 Å². The summed E-state index contributed by atoms with van der Waals surface area (Å²) in [6, 6.07) is 8.78. The molecule has 2 N–H and O–H groups in total.